The smallest absolute Gasteiger partial charge is 0.342 e. The molecule has 1 aliphatic rings. The fraction of sp³-hybridized carbons (Fsp3) is 0.286. The summed E-state index contributed by atoms with van der Waals surface area (Å²) < 4.78 is 15.9. The summed E-state index contributed by atoms with van der Waals surface area (Å²) in [5, 5.41) is 0.694. The number of carbonyl (C=O) groups is 1. The lowest BCUT2D eigenvalue weighted by atomic mass is 10.1. The monoisotopic (exact) mass is 380 g/mol. The van der Waals surface area contributed by atoms with E-state index in [2.05, 4.69) is 9.88 Å². The summed E-state index contributed by atoms with van der Waals surface area (Å²) in [4.78, 5) is 31.0. The summed E-state index contributed by atoms with van der Waals surface area (Å²) in [6, 6.07) is 9.95. The maximum atomic E-state index is 12.7. The average Bonchev–Trinajstić information content (AvgIpc) is 3.26. The number of pyridine rings is 1. The predicted octanol–water partition coefficient (Wildman–Crippen LogP) is 3.15. The number of hydrogen-bond acceptors (Lipinski definition) is 7. The maximum absolute atomic E-state index is 12.7. The van der Waals surface area contributed by atoms with Gasteiger partial charge in [0.25, 0.3) is 0 Å². The first-order valence-corrected chi connectivity index (χ1v) is 9.13. The van der Waals surface area contributed by atoms with Crippen molar-refractivity contribution in [1.29, 1.82) is 0 Å². The Hall–Kier alpha value is -3.35. The standard InChI is InChI=1S/C21H20N2O5/c1-26-15-6-7-16-14(11-19(24)28-18(16)12-15)13-27-21(25)17-5-4-8-22-20(17)23-9-2-3-10-23/h4-8,11-12H,2-3,9-10,13H2,1H3. The van der Waals surface area contributed by atoms with E-state index in [0.29, 0.717) is 33.7 Å². The number of aromatic nitrogens is 1. The molecule has 1 aliphatic heterocycles. The minimum absolute atomic E-state index is 0.0401. The second kappa shape index (κ2) is 7.72. The lowest BCUT2D eigenvalue weighted by Gasteiger charge is -2.19. The van der Waals surface area contributed by atoms with Crippen LogP contribution in [0.1, 0.15) is 28.8 Å². The third-order valence-electron chi connectivity index (χ3n) is 4.81. The molecule has 0 radical (unpaired) electrons. The minimum atomic E-state index is -0.508. The van der Waals surface area contributed by atoms with E-state index in [9.17, 15) is 9.59 Å². The Labute approximate surface area is 161 Å². The van der Waals surface area contributed by atoms with E-state index in [-0.39, 0.29) is 6.61 Å². The van der Waals surface area contributed by atoms with Gasteiger partial charge in [-0.05, 0) is 37.1 Å². The van der Waals surface area contributed by atoms with Crippen molar-refractivity contribution in [3.05, 3.63) is 64.1 Å². The molecule has 1 saturated heterocycles. The van der Waals surface area contributed by atoms with Gasteiger partial charge in [-0.25, -0.2) is 14.6 Å². The second-order valence-electron chi connectivity index (χ2n) is 6.60. The van der Waals surface area contributed by atoms with Crippen LogP contribution in [0.5, 0.6) is 5.75 Å². The van der Waals surface area contributed by atoms with Gasteiger partial charge in [-0.1, -0.05) is 0 Å². The Bertz CT molecular complexity index is 1070. The number of benzene rings is 1. The van der Waals surface area contributed by atoms with Gasteiger partial charge in [0.05, 0.1) is 7.11 Å². The molecular weight excluding hydrogens is 360 g/mol. The number of carbonyl (C=O) groups excluding carboxylic acids is 1. The molecule has 3 aromatic rings. The van der Waals surface area contributed by atoms with Gasteiger partial charge < -0.3 is 18.8 Å². The fourth-order valence-electron chi connectivity index (χ4n) is 3.41. The van der Waals surface area contributed by atoms with Crippen molar-refractivity contribution in [2.45, 2.75) is 19.4 Å². The Morgan fingerprint density at radius 1 is 1.21 bits per heavy atom. The highest BCUT2D eigenvalue weighted by atomic mass is 16.5. The third-order valence-corrected chi connectivity index (χ3v) is 4.81. The highest BCUT2D eigenvalue weighted by Gasteiger charge is 2.21. The van der Waals surface area contributed by atoms with E-state index in [1.807, 2.05) is 0 Å². The van der Waals surface area contributed by atoms with Crippen LogP contribution >= 0.6 is 0 Å². The van der Waals surface area contributed by atoms with Crippen molar-refractivity contribution in [3.8, 4) is 5.75 Å². The third kappa shape index (κ3) is 3.55. The molecule has 144 valence electrons. The van der Waals surface area contributed by atoms with Gasteiger partial charge in [0, 0.05) is 42.4 Å². The number of esters is 1. The molecule has 0 saturated carbocycles. The van der Waals surface area contributed by atoms with Gasteiger partial charge in [0.1, 0.15) is 29.3 Å². The van der Waals surface area contributed by atoms with Crippen LogP contribution < -0.4 is 15.3 Å². The number of anilines is 1. The van der Waals surface area contributed by atoms with E-state index in [4.69, 9.17) is 13.9 Å². The topological polar surface area (TPSA) is 81.9 Å². The molecule has 0 unspecified atom stereocenters. The molecule has 0 spiro atoms. The quantitative estimate of drug-likeness (QED) is 0.497. The molecule has 7 heteroatoms. The lowest BCUT2D eigenvalue weighted by Crippen LogP contribution is -2.22. The van der Waals surface area contributed by atoms with Gasteiger partial charge >= 0.3 is 11.6 Å². The Morgan fingerprint density at radius 3 is 2.82 bits per heavy atom. The first kappa shape index (κ1) is 18.0. The lowest BCUT2D eigenvalue weighted by molar-refractivity contribution is 0.0474. The normalized spacial score (nSPS) is 13.7. The summed E-state index contributed by atoms with van der Waals surface area (Å²) in [5.41, 5.74) is 0.884. The van der Waals surface area contributed by atoms with Gasteiger partial charge in [0.2, 0.25) is 0 Å². The summed E-state index contributed by atoms with van der Waals surface area (Å²) >= 11 is 0. The molecule has 3 heterocycles. The summed E-state index contributed by atoms with van der Waals surface area (Å²) in [6.07, 6.45) is 3.84. The first-order chi connectivity index (χ1) is 13.7. The van der Waals surface area contributed by atoms with Crippen LogP contribution in [0.15, 0.2) is 51.8 Å². The van der Waals surface area contributed by atoms with Crippen molar-refractivity contribution in [2.24, 2.45) is 0 Å². The average molecular weight is 380 g/mol. The largest absolute Gasteiger partial charge is 0.497 e. The van der Waals surface area contributed by atoms with Crippen molar-refractivity contribution in [1.82, 2.24) is 4.98 Å². The van der Waals surface area contributed by atoms with Crippen LogP contribution in [0.2, 0.25) is 0 Å². The fourth-order valence-corrected chi connectivity index (χ4v) is 3.41. The number of hydrogen-bond donors (Lipinski definition) is 0. The van der Waals surface area contributed by atoms with E-state index < -0.39 is 11.6 Å². The van der Waals surface area contributed by atoms with E-state index >= 15 is 0 Å². The predicted molar refractivity (Wildman–Crippen MR) is 104 cm³/mol. The number of nitrogens with zero attached hydrogens (tertiary/aromatic N) is 2. The van der Waals surface area contributed by atoms with Gasteiger partial charge in [0.15, 0.2) is 0 Å². The molecule has 7 nitrogen and oxygen atoms in total. The Morgan fingerprint density at radius 2 is 2.04 bits per heavy atom. The minimum Gasteiger partial charge on any atom is -0.497 e. The molecule has 0 N–H and O–H groups in total. The van der Waals surface area contributed by atoms with Crippen LogP contribution in [-0.4, -0.2) is 31.2 Å². The zero-order valence-corrected chi connectivity index (χ0v) is 15.5. The molecule has 0 aliphatic carbocycles. The zero-order valence-electron chi connectivity index (χ0n) is 15.5. The summed E-state index contributed by atoms with van der Waals surface area (Å²) in [7, 11) is 1.54. The van der Waals surface area contributed by atoms with Crippen LogP contribution in [0.3, 0.4) is 0 Å². The van der Waals surface area contributed by atoms with Crippen molar-refractivity contribution in [2.75, 3.05) is 25.1 Å². The van der Waals surface area contributed by atoms with Crippen LogP contribution in [-0.2, 0) is 11.3 Å². The van der Waals surface area contributed by atoms with Gasteiger partial charge in [-0.15, -0.1) is 0 Å². The number of fused-ring (bicyclic) bond motifs is 1. The van der Waals surface area contributed by atoms with E-state index in [0.717, 1.165) is 25.9 Å². The van der Waals surface area contributed by atoms with Crippen molar-refractivity contribution < 1.29 is 18.7 Å². The van der Waals surface area contributed by atoms with Crippen molar-refractivity contribution >= 4 is 22.8 Å². The molecule has 4 rings (SSSR count). The highest BCUT2D eigenvalue weighted by molar-refractivity contribution is 5.95. The van der Waals surface area contributed by atoms with E-state index in [1.165, 1.54) is 13.2 Å². The highest BCUT2D eigenvalue weighted by Crippen LogP contribution is 2.25. The Kier molecular flexibility index (Phi) is 4.97. The van der Waals surface area contributed by atoms with Crippen LogP contribution in [0.25, 0.3) is 11.0 Å². The van der Waals surface area contributed by atoms with Crippen LogP contribution in [0, 0.1) is 0 Å². The SMILES string of the molecule is COc1ccc2c(COC(=O)c3cccnc3N3CCCC3)cc(=O)oc2c1. The Balaban J connectivity index is 1.58. The molecule has 0 amide bonds. The molecule has 28 heavy (non-hydrogen) atoms. The molecule has 1 fully saturated rings. The van der Waals surface area contributed by atoms with Crippen molar-refractivity contribution in [3.63, 3.8) is 0 Å². The van der Waals surface area contributed by atoms with E-state index in [1.54, 1.807) is 36.5 Å². The molecular formula is C21H20N2O5. The number of ether oxygens (including phenoxy) is 2. The number of rotatable bonds is 5. The summed E-state index contributed by atoms with van der Waals surface area (Å²) in [5.74, 6) is 0.757. The molecule has 0 atom stereocenters. The maximum Gasteiger partial charge on any atom is 0.342 e. The van der Waals surface area contributed by atoms with Gasteiger partial charge in [-0.2, -0.15) is 0 Å². The second-order valence-corrected chi connectivity index (χ2v) is 6.60. The molecule has 2 aromatic heterocycles. The van der Waals surface area contributed by atoms with Gasteiger partial charge in [-0.3, -0.25) is 0 Å². The molecule has 1 aromatic carbocycles. The summed E-state index contributed by atoms with van der Waals surface area (Å²) in [6.45, 7) is 1.72. The van der Waals surface area contributed by atoms with Crippen LogP contribution in [0.4, 0.5) is 5.82 Å². The molecule has 0 bridgehead atoms. The first-order valence-electron chi connectivity index (χ1n) is 9.13. The zero-order chi connectivity index (χ0) is 19.5. The number of methoxy groups -OCH3 is 1.